The molecule has 12 heteroatoms. The molecular weight excluding hydrogens is 514 g/mol. The Balaban J connectivity index is 1.23. The number of benzene rings is 1. The molecule has 0 spiro atoms. The second-order valence-electron chi connectivity index (χ2n) is 8.46. The van der Waals surface area contributed by atoms with Gasteiger partial charge in [-0.2, -0.15) is 0 Å². The van der Waals surface area contributed by atoms with Gasteiger partial charge in [-0.15, -0.1) is 11.8 Å². The number of hydrogen-bond acceptors (Lipinski definition) is 9. The van der Waals surface area contributed by atoms with E-state index >= 15 is 0 Å². The first-order chi connectivity index (χ1) is 18.1. The smallest absolute Gasteiger partial charge is 0.323 e. The van der Waals surface area contributed by atoms with Gasteiger partial charge in [-0.1, -0.05) is 11.6 Å². The van der Waals surface area contributed by atoms with Crippen LogP contribution in [0.5, 0.6) is 0 Å². The van der Waals surface area contributed by atoms with Crippen molar-refractivity contribution in [1.82, 2.24) is 15.0 Å². The Morgan fingerprint density at radius 2 is 1.51 bits per heavy atom. The van der Waals surface area contributed by atoms with Crippen LogP contribution in [0.4, 0.5) is 27.8 Å². The van der Waals surface area contributed by atoms with Gasteiger partial charge in [0, 0.05) is 37.4 Å². The number of hydrogen-bond donors (Lipinski definition) is 2. The Morgan fingerprint density at radius 1 is 0.892 bits per heavy atom. The number of pyridine rings is 1. The number of carbonyl (C=O) groups excluding carboxylic acids is 1. The van der Waals surface area contributed by atoms with Gasteiger partial charge in [0.2, 0.25) is 0 Å². The first-order valence-electron chi connectivity index (χ1n) is 12.0. The lowest BCUT2D eigenvalue weighted by molar-refractivity contribution is 0.122. The average molecular weight is 542 g/mol. The third-order valence-electron chi connectivity index (χ3n) is 6.06. The van der Waals surface area contributed by atoms with E-state index < -0.39 is 0 Å². The minimum absolute atomic E-state index is 0.355. The fraction of sp³-hybridized carbons (Fsp3) is 0.360. The molecule has 1 aromatic carbocycles. The van der Waals surface area contributed by atoms with Crippen molar-refractivity contribution in [1.29, 1.82) is 0 Å². The number of thioether (sulfide) groups is 1. The number of ether oxygens (including phenoxy) is 2. The number of nitrogens with one attached hydrogen (secondary N) is 2. The van der Waals surface area contributed by atoms with E-state index in [0.29, 0.717) is 48.8 Å². The molecule has 0 atom stereocenters. The number of anilines is 4. The van der Waals surface area contributed by atoms with Crippen LogP contribution in [0.25, 0.3) is 11.4 Å². The predicted octanol–water partition coefficient (Wildman–Crippen LogP) is 4.23. The summed E-state index contributed by atoms with van der Waals surface area (Å²) in [6.07, 6.45) is 3.62. The maximum absolute atomic E-state index is 12.5. The number of amides is 2. The van der Waals surface area contributed by atoms with Gasteiger partial charge < -0.3 is 29.9 Å². The number of nitrogens with zero attached hydrogens (tertiary/aromatic N) is 5. The highest BCUT2D eigenvalue weighted by Gasteiger charge is 2.21. The Morgan fingerprint density at radius 3 is 2.14 bits per heavy atom. The molecule has 37 heavy (non-hydrogen) atoms. The van der Waals surface area contributed by atoms with Crippen LogP contribution in [0, 0.1) is 0 Å². The molecule has 0 bridgehead atoms. The van der Waals surface area contributed by atoms with Crippen LogP contribution in [0.1, 0.15) is 0 Å². The molecule has 2 N–H and O–H groups in total. The first kappa shape index (κ1) is 25.5. The average Bonchev–Trinajstić information content (AvgIpc) is 2.94. The van der Waals surface area contributed by atoms with Crippen LogP contribution in [0.3, 0.4) is 0 Å². The number of rotatable bonds is 6. The number of urea groups is 1. The summed E-state index contributed by atoms with van der Waals surface area (Å²) in [5.74, 6) is 2.22. The summed E-state index contributed by atoms with van der Waals surface area (Å²) in [5, 5.41) is 6.08. The summed E-state index contributed by atoms with van der Waals surface area (Å²) < 4.78 is 10.9. The molecule has 2 aromatic heterocycles. The number of morpholine rings is 2. The lowest BCUT2D eigenvalue weighted by atomic mass is 10.2. The summed E-state index contributed by atoms with van der Waals surface area (Å²) >= 11 is 8.06. The second kappa shape index (κ2) is 12.0. The zero-order valence-corrected chi connectivity index (χ0v) is 22.0. The highest BCUT2D eigenvalue weighted by Crippen LogP contribution is 2.35. The molecule has 2 amide bonds. The van der Waals surface area contributed by atoms with Crippen LogP contribution < -0.4 is 20.4 Å². The van der Waals surface area contributed by atoms with Crippen LogP contribution in [-0.2, 0) is 9.47 Å². The summed E-state index contributed by atoms with van der Waals surface area (Å²) in [6, 6.07) is 10.7. The third-order valence-corrected chi connectivity index (χ3v) is 7.23. The van der Waals surface area contributed by atoms with Gasteiger partial charge in [-0.05, 0) is 42.7 Å². The van der Waals surface area contributed by atoms with E-state index in [2.05, 4.69) is 30.4 Å². The van der Waals surface area contributed by atoms with Crippen LogP contribution in [-0.4, -0.2) is 79.8 Å². The van der Waals surface area contributed by atoms with Gasteiger partial charge in [0.15, 0.2) is 5.82 Å². The minimum atomic E-state index is -0.355. The Hall–Kier alpha value is -3.12. The molecule has 0 aliphatic carbocycles. The molecule has 2 saturated heterocycles. The van der Waals surface area contributed by atoms with Crippen molar-refractivity contribution in [3.63, 3.8) is 0 Å². The highest BCUT2D eigenvalue weighted by atomic mass is 35.5. The van der Waals surface area contributed by atoms with E-state index in [0.717, 1.165) is 48.3 Å². The summed E-state index contributed by atoms with van der Waals surface area (Å²) in [6.45, 7) is 5.82. The van der Waals surface area contributed by atoms with E-state index in [1.165, 1.54) is 11.8 Å². The van der Waals surface area contributed by atoms with Gasteiger partial charge >= 0.3 is 6.03 Å². The first-order valence-corrected chi connectivity index (χ1v) is 13.6. The fourth-order valence-corrected chi connectivity index (χ4v) is 5.11. The van der Waals surface area contributed by atoms with Crippen LogP contribution in [0.15, 0.2) is 47.5 Å². The molecule has 0 radical (unpaired) electrons. The van der Waals surface area contributed by atoms with Crippen molar-refractivity contribution in [2.45, 2.75) is 4.90 Å². The topological polar surface area (TPSA) is 105 Å². The molecule has 5 rings (SSSR count). The van der Waals surface area contributed by atoms with Crippen LogP contribution in [0.2, 0.25) is 5.15 Å². The molecule has 10 nitrogen and oxygen atoms in total. The quantitative estimate of drug-likeness (QED) is 0.350. The molecule has 0 unspecified atom stereocenters. The molecule has 2 aliphatic heterocycles. The molecule has 2 fully saturated rings. The zero-order chi connectivity index (χ0) is 25.6. The summed E-state index contributed by atoms with van der Waals surface area (Å²) in [5.41, 5.74) is 2.05. The number of aromatic nitrogens is 3. The Bertz CT molecular complexity index is 1220. The Kier molecular flexibility index (Phi) is 8.24. The summed E-state index contributed by atoms with van der Waals surface area (Å²) in [4.78, 5) is 31.5. The van der Waals surface area contributed by atoms with Gasteiger partial charge in [0.05, 0.1) is 43.2 Å². The third kappa shape index (κ3) is 6.24. The lowest BCUT2D eigenvalue weighted by Gasteiger charge is -2.29. The predicted molar refractivity (Wildman–Crippen MR) is 147 cm³/mol. The largest absolute Gasteiger partial charge is 0.378 e. The monoisotopic (exact) mass is 541 g/mol. The molecule has 194 valence electrons. The molecule has 3 aromatic rings. The van der Waals surface area contributed by atoms with Crippen molar-refractivity contribution in [2.24, 2.45) is 0 Å². The maximum Gasteiger partial charge on any atom is 0.323 e. The highest BCUT2D eigenvalue weighted by molar-refractivity contribution is 7.98. The van der Waals surface area contributed by atoms with Crippen molar-refractivity contribution in [3.05, 3.63) is 47.7 Å². The SMILES string of the molecule is CSc1c(Cl)nc(-c2ccc(NC(=O)Nc3ccc(N4CCOCC4)nc3)cc2)nc1N1CCOCC1. The number of carbonyl (C=O) groups is 1. The van der Waals surface area contributed by atoms with Gasteiger partial charge in [0.25, 0.3) is 0 Å². The molecule has 4 heterocycles. The van der Waals surface area contributed by atoms with Gasteiger partial charge in [0.1, 0.15) is 16.8 Å². The fourth-order valence-electron chi connectivity index (χ4n) is 4.14. The van der Waals surface area contributed by atoms with Crippen molar-refractivity contribution in [3.8, 4) is 11.4 Å². The van der Waals surface area contributed by atoms with E-state index in [-0.39, 0.29) is 6.03 Å². The molecule has 2 aliphatic rings. The van der Waals surface area contributed by atoms with E-state index in [9.17, 15) is 4.79 Å². The summed E-state index contributed by atoms with van der Waals surface area (Å²) in [7, 11) is 0. The molecular formula is C25H28ClN7O3S. The van der Waals surface area contributed by atoms with Crippen molar-refractivity contribution in [2.75, 3.05) is 79.3 Å². The second-order valence-corrected chi connectivity index (χ2v) is 9.63. The maximum atomic E-state index is 12.5. The van der Waals surface area contributed by atoms with E-state index in [4.69, 9.17) is 26.1 Å². The zero-order valence-electron chi connectivity index (χ0n) is 20.4. The van der Waals surface area contributed by atoms with Crippen molar-refractivity contribution >= 4 is 52.4 Å². The normalized spacial score (nSPS) is 15.9. The van der Waals surface area contributed by atoms with E-state index in [1.807, 2.05) is 42.7 Å². The van der Waals surface area contributed by atoms with E-state index in [1.54, 1.807) is 6.20 Å². The van der Waals surface area contributed by atoms with Gasteiger partial charge in [-0.25, -0.2) is 19.7 Å². The standard InChI is InChI=1S/C25H28ClN7O3S/c1-37-21-22(26)30-23(31-24(21)33-10-14-36-15-11-33)17-2-4-18(5-3-17)28-25(34)29-19-6-7-20(27-16-19)32-8-12-35-13-9-32/h2-7,16H,8-15H2,1H3,(H2,28,29,34). The minimum Gasteiger partial charge on any atom is -0.378 e. The van der Waals surface area contributed by atoms with Gasteiger partial charge in [-0.3, -0.25) is 0 Å². The van der Waals surface area contributed by atoms with Crippen LogP contribution >= 0.6 is 23.4 Å². The Labute approximate surface area is 224 Å². The van der Waals surface area contributed by atoms with Crippen molar-refractivity contribution < 1.29 is 14.3 Å². The lowest BCUT2D eigenvalue weighted by Crippen LogP contribution is -2.37. The number of halogens is 1. The molecule has 0 saturated carbocycles.